The Bertz CT molecular complexity index is 273. The molecule has 1 saturated carbocycles. The van der Waals surface area contributed by atoms with Crippen LogP contribution >= 0.6 is 11.3 Å². The van der Waals surface area contributed by atoms with Crippen LogP contribution in [0, 0.1) is 5.92 Å². The maximum absolute atomic E-state index is 4.46. The molecule has 78 valence electrons. The van der Waals surface area contributed by atoms with Crippen LogP contribution in [0.3, 0.4) is 0 Å². The van der Waals surface area contributed by atoms with Crippen LogP contribution < -0.4 is 5.32 Å². The Balaban J connectivity index is 2.19. The first-order valence-corrected chi connectivity index (χ1v) is 6.24. The summed E-state index contributed by atoms with van der Waals surface area (Å²) in [5, 5.41) is 6.83. The van der Waals surface area contributed by atoms with E-state index in [2.05, 4.69) is 29.7 Å². The Kier molecular flexibility index (Phi) is 2.88. The van der Waals surface area contributed by atoms with E-state index in [1.165, 1.54) is 30.7 Å². The molecule has 14 heavy (non-hydrogen) atoms. The third-order valence-electron chi connectivity index (χ3n) is 3.45. The third-order valence-corrected chi connectivity index (χ3v) is 4.43. The molecule has 2 rings (SSSR count). The number of nitrogens with one attached hydrogen (secondary N) is 1. The molecule has 1 aromatic rings. The van der Waals surface area contributed by atoms with E-state index < -0.39 is 0 Å². The van der Waals surface area contributed by atoms with Gasteiger partial charge in [-0.2, -0.15) is 0 Å². The zero-order valence-electron chi connectivity index (χ0n) is 8.92. The normalized spacial score (nSPS) is 33.1. The van der Waals surface area contributed by atoms with Gasteiger partial charge in [0, 0.05) is 11.6 Å². The van der Waals surface area contributed by atoms with Crippen molar-refractivity contribution < 1.29 is 0 Å². The molecule has 0 atom stereocenters. The van der Waals surface area contributed by atoms with Gasteiger partial charge >= 0.3 is 0 Å². The van der Waals surface area contributed by atoms with Crippen LogP contribution in [0.25, 0.3) is 0 Å². The molecule has 0 aliphatic heterocycles. The lowest BCUT2D eigenvalue weighted by Gasteiger charge is -2.37. The Morgan fingerprint density at radius 2 is 2.21 bits per heavy atom. The molecule has 0 spiro atoms. The van der Waals surface area contributed by atoms with Gasteiger partial charge in [0.05, 0.1) is 5.54 Å². The van der Waals surface area contributed by atoms with Crippen LogP contribution in [-0.4, -0.2) is 12.0 Å². The van der Waals surface area contributed by atoms with Crippen LogP contribution in [0.4, 0.5) is 0 Å². The molecule has 1 fully saturated rings. The van der Waals surface area contributed by atoms with Gasteiger partial charge in [0.1, 0.15) is 5.01 Å². The van der Waals surface area contributed by atoms with E-state index >= 15 is 0 Å². The second-order valence-electron chi connectivity index (χ2n) is 4.35. The van der Waals surface area contributed by atoms with Crippen molar-refractivity contribution in [1.82, 2.24) is 10.3 Å². The highest BCUT2D eigenvalue weighted by Crippen LogP contribution is 2.39. The van der Waals surface area contributed by atoms with Crippen molar-refractivity contribution in [3.05, 3.63) is 16.6 Å². The molecule has 0 saturated heterocycles. The molecule has 0 amide bonds. The van der Waals surface area contributed by atoms with E-state index in [1.54, 1.807) is 11.3 Å². The van der Waals surface area contributed by atoms with Gasteiger partial charge in [0.15, 0.2) is 0 Å². The lowest BCUT2D eigenvalue weighted by atomic mass is 9.77. The fourth-order valence-corrected chi connectivity index (χ4v) is 3.19. The van der Waals surface area contributed by atoms with Gasteiger partial charge in [-0.25, -0.2) is 4.98 Å². The van der Waals surface area contributed by atoms with Gasteiger partial charge in [-0.05, 0) is 38.6 Å². The molecule has 0 aromatic carbocycles. The van der Waals surface area contributed by atoms with E-state index in [0.29, 0.717) is 0 Å². The van der Waals surface area contributed by atoms with Crippen LogP contribution in [-0.2, 0) is 5.54 Å². The summed E-state index contributed by atoms with van der Waals surface area (Å²) in [6, 6.07) is 0. The maximum atomic E-state index is 4.46. The smallest absolute Gasteiger partial charge is 0.113 e. The van der Waals surface area contributed by atoms with E-state index in [0.717, 1.165) is 5.92 Å². The predicted octanol–water partition coefficient (Wildman–Crippen LogP) is 2.77. The fraction of sp³-hybridized carbons (Fsp3) is 0.727. The molecule has 2 nitrogen and oxygen atoms in total. The van der Waals surface area contributed by atoms with Crippen LogP contribution in [0.5, 0.6) is 0 Å². The summed E-state index contributed by atoms with van der Waals surface area (Å²) in [6.45, 7) is 2.35. The average molecular weight is 210 g/mol. The number of hydrogen-bond acceptors (Lipinski definition) is 3. The number of hydrogen-bond donors (Lipinski definition) is 1. The van der Waals surface area contributed by atoms with Crippen LogP contribution in [0.2, 0.25) is 0 Å². The van der Waals surface area contributed by atoms with Gasteiger partial charge in [-0.3, -0.25) is 0 Å². The van der Waals surface area contributed by atoms with Crippen molar-refractivity contribution in [3.8, 4) is 0 Å². The first-order valence-electron chi connectivity index (χ1n) is 5.36. The number of rotatable bonds is 2. The SMILES string of the molecule is CNC1(c2nccs2)CCC(C)CC1. The summed E-state index contributed by atoms with van der Waals surface area (Å²) in [5.41, 5.74) is 0.181. The van der Waals surface area contributed by atoms with E-state index in [-0.39, 0.29) is 5.54 Å². The Morgan fingerprint density at radius 3 is 2.71 bits per heavy atom. The van der Waals surface area contributed by atoms with Crippen LogP contribution in [0.1, 0.15) is 37.6 Å². The third kappa shape index (κ3) is 1.71. The zero-order valence-corrected chi connectivity index (χ0v) is 9.73. The molecule has 1 aromatic heterocycles. The summed E-state index contributed by atoms with van der Waals surface area (Å²) in [4.78, 5) is 4.46. The summed E-state index contributed by atoms with van der Waals surface area (Å²) in [7, 11) is 2.07. The zero-order chi connectivity index (χ0) is 10.0. The van der Waals surface area contributed by atoms with Crippen molar-refractivity contribution in [2.24, 2.45) is 5.92 Å². The molecule has 1 aliphatic carbocycles. The van der Waals surface area contributed by atoms with Crippen molar-refractivity contribution in [2.75, 3.05) is 7.05 Å². The van der Waals surface area contributed by atoms with Crippen LogP contribution in [0.15, 0.2) is 11.6 Å². The van der Waals surface area contributed by atoms with Gasteiger partial charge in [0.2, 0.25) is 0 Å². The molecule has 3 heteroatoms. The average Bonchev–Trinajstić information content (AvgIpc) is 2.73. The standard InChI is InChI=1S/C11H18N2S/c1-9-3-5-11(12-2,6-4-9)10-13-7-8-14-10/h7-9,12H,3-6H2,1-2H3. The topological polar surface area (TPSA) is 24.9 Å². The number of aromatic nitrogens is 1. The van der Waals surface area contributed by atoms with Crippen molar-refractivity contribution >= 4 is 11.3 Å². The molecular formula is C11H18N2S. The largest absolute Gasteiger partial charge is 0.308 e. The quantitative estimate of drug-likeness (QED) is 0.812. The minimum absolute atomic E-state index is 0.181. The summed E-state index contributed by atoms with van der Waals surface area (Å²) >= 11 is 1.78. The van der Waals surface area contributed by atoms with E-state index in [4.69, 9.17) is 0 Å². The minimum atomic E-state index is 0.181. The molecule has 0 unspecified atom stereocenters. The van der Waals surface area contributed by atoms with Gasteiger partial charge in [-0.1, -0.05) is 6.92 Å². The highest BCUT2D eigenvalue weighted by Gasteiger charge is 2.36. The fourth-order valence-electron chi connectivity index (χ4n) is 2.29. The lowest BCUT2D eigenvalue weighted by molar-refractivity contribution is 0.208. The Labute approximate surface area is 89.8 Å². The highest BCUT2D eigenvalue weighted by molar-refractivity contribution is 7.09. The number of nitrogens with zero attached hydrogens (tertiary/aromatic N) is 1. The van der Waals surface area contributed by atoms with Gasteiger partial charge in [0.25, 0.3) is 0 Å². The molecule has 0 bridgehead atoms. The van der Waals surface area contributed by atoms with Crippen molar-refractivity contribution in [2.45, 2.75) is 38.1 Å². The Hall–Kier alpha value is -0.410. The molecule has 1 heterocycles. The maximum Gasteiger partial charge on any atom is 0.113 e. The summed E-state index contributed by atoms with van der Waals surface area (Å²) in [5.74, 6) is 0.886. The summed E-state index contributed by atoms with van der Waals surface area (Å²) < 4.78 is 0. The van der Waals surface area contributed by atoms with Crippen molar-refractivity contribution in [3.63, 3.8) is 0 Å². The predicted molar refractivity (Wildman–Crippen MR) is 60.5 cm³/mol. The molecule has 1 N–H and O–H groups in total. The highest BCUT2D eigenvalue weighted by atomic mass is 32.1. The second kappa shape index (κ2) is 3.99. The van der Waals surface area contributed by atoms with Crippen molar-refractivity contribution in [1.29, 1.82) is 0 Å². The molecule has 0 radical (unpaired) electrons. The summed E-state index contributed by atoms with van der Waals surface area (Å²) in [6.07, 6.45) is 7.02. The first kappa shape index (κ1) is 10.1. The first-order chi connectivity index (χ1) is 6.77. The van der Waals surface area contributed by atoms with Gasteiger partial charge in [-0.15, -0.1) is 11.3 Å². The Morgan fingerprint density at radius 1 is 1.50 bits per heavy atom. The van der Waals surface area contributed by atoms with E-state index in [1.807, 2.05) is 6.20 Å². The lowest BCUT2D eigenvalue weighted by Crippen LogP contribution is -2.42. The minimum Gasteiger partial charge on any atom is -0.308 e. The monoisotopic (exact) mass is 210 g/mol. The van der Waals surface area contributed by atoms with E-state index in [9.17, 15) is 0 Å². The second-order valence-corrected chi connectivity index (χ2v) is 5.25. The molecular weight excluding hydrogens is 192 g/mol. The van der Waals surface area contributed by atoms with Gasteiger partial charge < -0.3 is 5.32 Å². The number of thiazole rings is 1. The molecule has 1 aliphatic rings.